The summed E-state index contributed by atoms with van der Waals surface area (Å²) in [6.45, 7) is 0.0582. The molecule has 2 aromatic rings. The molecule has 0 aliphatic carbocycles. The van der Waals surface area contributed by atoms with Gasteiger partial charge in [-0.05, 0) is 49.0 Å². The Morgan fingerprint density at radius 3 is 1.35 bits per heavy atom. The molecule has 0 N–H and O–H groups in total. The quantitative estimate of drug-likeness (QED) is 0.234. The number of nitro benzene ring substituents is 2. The van der Waals surface area contributed by atoms with Gasteiger partial charge in [0.05, 0.1) is 23.1 Å². The smallest absolute Gasteiger partial charge is 0.373 e. The van der Waals surface area contributed by atoms with Crippen molar-refractivity contribution >= 4 is 23.3 Å². The van der Waals surface area contributed by atoms with E-state index in [1.807, 2.05) is 0 Å². The summed E-state index contributed by atoms with van der Waals surface area (Å²) in [6.07, 6.45) is 3.29. The van der Waals surface area contributed by atoms with Crippen LogP contribution in [-0.4, -0.2) is 61.8 Å². The summed E-state index contributed by atoms with van der Waals surface area (Å²) in [5, 5.41) is 22.4. The highest BCUT2D eigenvalue weighted by Gasteiger charge is 2.40. The zero-order chi connectivity index (χ0) is 32.8. The molecule has 2 aromatic carbocycles. The minimum Gasteiger partial charge on any atom is -0.460 e. The summed E-state index contributed by atoms with van der Waals surface area (Å²) in [5.74, 6) is -2.93. The number of non-ortho nitro benzene ring substituents is 2. The molecule has 1 fully saturated rings. The van der Waals surface area contributed by atoms with E-state index in [0.717, 1.165) is 11.1 Å². The molecule has 244 valence electrons. The van der Waals surface area contributed by atoms with E-state index in [1.165, 1.54) is 38.5 Å². The SMILES string of the molecule is CO[C@H]1OC2=C[C@H](c3ccc([N+](=O)[O-])cc3)C1CCCOC(=O)C1=C[C@@H](c3ccc([N+](=O)[O-])cc3)C(CCCOC2=O)[C@H](OC)O1. The highest BCUT2D eigenvalue weighted by molar-refractivity contribution is 5.87. The number of ether oxygens (including phenoxy) is 6. The van der Waals surface area contributed by atoms with Crippen molar-refractivity contribution < 1.29 is 47.9 Å². The second-order valence-electron chi connectivity index (χ2n) is 11.1. The van der Waals surface area contributed by atoms with Crippen LogP contribution in [0.25, 0.3) is 0 Å². The van der Waals surface area contributed by atoms with Crippen LogP contribution in [0, 0.1) is 32.1 Å². The normalized spacial score (nSPS) is 27.1. The van der Waals surface area contributed by atoms with Gasteiger partial charge in [-0.1, -0.05) is 24.3 Å². The number of benzene rings is 2. The van der Waals surface area contributed by atoms with Gasteiger partial charge in [0.25, 0.3) is 11.4 Å². The van der Waals surface area contributed by atoms with Crippen LogP contribution in [-0.2, 0) is 38.0 Å². The summed E-state index contributed by atoms with van der Waals surface area (Å²) in [4.78, 5) is 47.9. The van der Waals surface area contributed by atoms with Crippen LogP contribution in [0.4, 0.5) is 11.4 Å². The maximum absolute atomic E-state index is 13.2. The Hall–Kier alpha value is -4.82. The molecule has 0 radical (unpaired) electrons. The highest BCUT2D eigenvalue weighted by Crippen LogP contribution is 2.42. The van der Waals surface area contributed by atoms with Gasteiger partial charge in [0.15, 0.2) is 0 Å². The number of methoxy groups -OCH3 is 2. The van der Waals surface area contributed by atoms with Gasteiger partial charge in [-0.15, -0.1) is 0 Å². The lowest BCUT2D eigenvalue weighted by Crippen LogP contribution is -2.37. The van der Waals surface area contributed by atoms with Crippen LogP contribution in [0.15, 0.2) is 72.2 Å². The molecule has 6 aliphatic rings. The topological polar surface area (TPSA) is 176 Å². The van der Waals surface area contributed by atoms with E-state index in [9.17, 15) is 29.8 Å². The van der Waals surface area contributed by atoms with Gasteiger partial charge in [0, 0.05) is 62.2 Å². The number of carbonyl (C=O) groups is 2. The fourth-order valence-corrected chi connectivity index (χ4v) is 6.16. The fraction of sp³-hybridized carbons (Fsp3) is 0.438. The van der Waals surface area contributed by atoms with Crippen molar-refractivity contribution in [1.29, 1.82) is 0 Å². The molecule has 4 bridgehead atoms. The number of allylic oxidation sites excluding steroid dienone is 2. The summed E-state index contributed by atoms with van der Waals surface area (Å²) in [6, 6.07) is 12.1. The number of hydrogen-bond acceptors (Lipinski definition) is 12. The molecule has 0 spiro atoms. The van der Waals surface area contributed by atoms with Crippen LogP contribution >= 0.6 is 0 Å². The van der Waals surface area contributed by atoms with Gasteiger partial charge >= 0.3 is 11.9 Å². The molecular weight excluding hydrogens is 604 g/mol. The first kappa shape index (κ1) is 32.6. The van der Waals surface area contributed by atoms with Crippen molar-refractivity contribution in [1.82, 2.24) is 0 Å². The summed E-state index contributed by atoms with van der Waals surface area (Å²) in [7, 11) is 2.91. The van der Waals surface area contributed by atoms with Gasteiger partial charge in [-0.2, -0.15) is 0 Å². The Bertz CT molecular complexity index is 1390. The molecule has 6 aliphatic heterocycles. The fourth-order valence-electron chi connectivity index (χ4n) is 6.16. The molecule has 0 saturated carbocycles. The first-order valence-electron chi connectivity index (χ1n) is 14.9. The molecule has 6 atom stereocenters. The van der Waals surface area contributed by atoms with E-state index in [1.54, 1.807) is 36.4 Å². The average Bonchev–Trinajstić information content (AvgIpc) is 3.07. The van der Waals surface area contributed by atoms with Gasteiger partial charge in [0.1, 0.15) is 0 Å². The van der Waals surface area contributed by atoms with E-state index in [-0.39, 0.29) is 47.9 Å². The van der Waals surface area contributed by atoms with Crippen molar-refractivity contribution in [2.75, 3.05) is 27.4 Å². The van der Waals surface area contributed by atoms with Crippen LogP contribution in [0.5, 0.6) is 0 Å². The van der Waals surface area contributed by atoms with E-state index in [2.05, 4.69) is 0 Å². The molecule has 14 nitrogen and oxygen atoms in total. The lowest BCUT2D eigenvalue weighted by molar-refractivity contribution is -0.385. The largest absolute Gasteiger partial charge is 0.460 e. The maximum atomic E-state index is 13.2. The third kappa shape index (κ3) is 7.18. The van der Waals surface area contributed by atoms with E-state index < -0.39 is 46.2 Å². The molecule has 14 heteroatoms. The first-order valence-corrected chi connectivity index (χ1v) is 14.9. The van der Waals surface area contributed by atoms with E-state index in [0.29, 0.717) is 25.7 Å². The summed E-state index contributed by atoms with van der Waals surface area (Å²) >= 11 is 0. The number of hydrogen-bond donors (Lipinski definition) is 0. The molecule has 0 amide bonds. The van der Waals surface area contributed by atoms with Crippen molar-refractivity contribution in [2.24, 2.45) is 11.8 Å². The standard InChI is InChI=1S/C32H34N2O12/c1-41-31-23-5-3-15-44-30(36)28-18-26(20-9-13-22(14-10-20)34(39)40)24(32(42-2)46-28)6-4-16-43-29(35)27(45-31)17-25(23)19-7-11-21(12-8-19)33(37)38/h7-14,17-18,23-26,31-32H,3-6,15-16H2,1-2H3/t23?,24?,25-,26+,31+,32-. The lowest BCUT2D eigenvalue weighted by atomic mass is 9.80. The number of esters is 2. The number of nitrogens with zero attached hydrogens (tertiary/aromatic N) is 2. The predicted molar refractivity (Wildman–Crippen MR) is 159 cm³/mol. The van der Waals surface area contributed by atoms with Crippen LogP contribution in [0.3, 0.4) is 0 Å². The Morgan fingerprint density at radius 1 is 0.652 bits per heavy atom. The monoisotopic (exact) mass is 638 g/mol. The lowest BCUT2D eigenvalue weighted by Gasteiger charge is -2.37. The number of rotatable bonds is 6. The predicted octanol–water partition coefficient (Wildman–Crippen LogP) is 5.04. The molecule has 1 saturated heterocycles. The first-order chi connectivity index (χ1) is 22.2. The Kier molecular flexibility index (Phi) is 10.3. The Balaban J connectivity index is 1.43. The van der Waals surface area contributed by atoms with Crippen LogP contribution in [0.2, 0.25) is 0 Å². The number of carbonyl (C=O) groups excluding carboxylic acids is 2. The molecule has 8 rings (SSSR count). The van der Waals surface area contributed by atoms with Gasteiger partial charge in [-0.3, -0.25) is 20.2 Å². The van der Waals surface area contributed by atoms with Crippen LogP contribution < -0.4 is 0 Å². The molecular formula is C32H34N2O12. The minimum absolute atomic E-state index is 0.0291. The Labute approximate surface area is 264 Å². The van der Waals surface area contributed by atoms with E-state index >= 15 is 0 Å². The number of nitro groups is 2. The second-order valence-corrected chi connectivity index (χ2v) is 11.1. The maximum Gasteiger partial charge on any atom is 0.373 e. The second kappa shape index (κ2) is 14.5. The van der Waals surface area contributed by atoms with Crippen LogP contribution in [0.1, 0.15) is 48.6 Å². The van der Waals surface area contributed by atoms with Crippen molar-refractivity contribution in [2.45, 2.75) is 50.1 Å². The van der Waals surface area contributed by atoms with Crippen molar-refractivity contribution in [3.8, 4) is 0 Å². The molecule has 46 heavy (non-hydrogen) atoms. The average molecular weight is 639 g/mol. The zero-order valence-corrected chi connectivity index (χ0v) is 25.3. The third-order valence-corrected chi connectivity index (χ3v) is 8.44. The van der Waals surface area contributed by atoms with Gasteiger partial charge in [0.2, 0.25) is 24.1 Å². The van der Waals surface area contributed by atoms with Gasteiger partial charge in [-0.25, -0.2) is 9.59 Å². The zero-order valence-electron chi connectivity index (χ0n) is 25.3. The minimum atomic E-state index is -0.839. The third-order valence-electron chi connectivity index (χ3n) is 8.44. The molecule has 2 unspecified atom stereocenters. The molecule has 0 aromatic heterocycles. The van der Waals surface area contributed by atoms with Gasteiger partial charge < -0.3 is 28.4 Å². The van der Waals surface area contributed by atoms with E-state index in [4.69, 9.17) is 28.4 Å². The van der Waals surface area contributed by atoms with Crippen molar-refractivity contribution in [3.05, 3.63) is 104 Å². The molecule has 6 heterocycles. The highest BCUT2D eigenvalue weighted by atomic mass is 16.7. The summed E-state index contributed by atoms with van der Waals surface area (Å²) in [5.41, 5.74) is 1.31. The Morgan fingerprint density at radius 2 is 1.02 bits per heavy atom. The van der Waals surface area contributed by atoms with Crippen molar-refractivity contribution in [3.63, 3.8) is 0 Å². The summed E-state index contributed by atoms with van der Waals surface area (Å²) < 4.78 is 34.3.